The van der Waals surface area contributed by atoms with Gasteiger partial charge in [0, 0.05) is 27.7 Å². The van der Waals surface area contributed by atoms with Gasteiger partial charge in [0.1, 0.15) is 0 Å². The molecule has 0 aliphatic carbocycles. The molecule has 6 heteroatoms. The van der Waals surface area contributed by atoms with Gasteiger partial charge in [-0.15, -0.1) is 0 Å². The second-order valence-corrected chi connectivity index (χ2v) is 7.96. The van der Waals surface area contributed by atoms with E-state index in [-0.39, 0.29) is 6.42 Å². The Morgan fingerprint density at radius 3 is 2.24 bits per heavy atom. The highest BCUT2D eigenvalue weighted by Gasteiger charge is 2.15. The van der Waals surface area contributed by atoms with Crippen LogP contribution >= 0.6 is 23.2 Å². The third-order valence-corrected chi connectivity index (χ3v) is 6.00. The largest absolute Gasteiger partial charge is 0.325 e. The lowest BCUT2D eigenvalue weighted by Crippen LogP contribution is -2.28. The number of nitrogens with one attached hydrogen (secondary N) is 2. The van der Waals surface area contributed by atoms with Crippen molar-refractivity contribution in [2.45, 2.75) is 44.9 Å². The van der Waals surface area contributed by atoms with E-state index < -0.39 is 11.2 Å². The molecule has 2 N–H and O–H groups in total. The van der Waals surface area contributed by atoms with Crippen LogP contribution in [-0.2, 0) is 12.8 Å². The second-order valence-electron chi connectivity index (χ2n) is 7.15. The van der Waals surface area contributed by atoms with Crippen LogP contribution in [0.15, 0.2) is 58.1 Å². The molecule has 29 heavy (non-hydrogen) atoms. The molecule has 1 atom stereocenters. The van der Waals surface area contributed by atoms with Crippen molar-refractivity contribution in [3.63, 3.8) is 0 Å². The normalized spacial score (nSPS) is 12.1. The number of hydrogen-bond donors (Lipinski definition) is 2. The van der Waals surface area contributed by atoms with Crippen LogP contribution in [0.2, 0.25) is 10.0 Å². The summed E-state index contributed by atoms with van der Waals surface area (Å²) >= 11 is 12.6. The first-order valence-electron chi connectivity index (χ1n) is 9.81. The van der Waals surface area contributed by atoms with Crippen LogP contribution in [0.25, 0.3) is 0 Å². The zero-order chi connectivity index (χ0) is 20.8. The number of aryl methyl sites for hydroxylation is 1. The Morgan fingerprint density at radius 1 is 0.897 bits per heavy atom. The predicted molar refractivity (Wildman–Crippen MR) is 119 cm³/mol. The molecule has 1 aromatic heterocycles. The Balaban J connectivity index is 1.80. The molecule has 3 rings (SSSR count). The number of hydrogen-bond acceptors (Lipinski definition) is 2. The maximum Gasteiger partial charge on any atom is 0.325 e. The monoisotopic (exact) mass is 430 g/mol. The summed E-state index contributed by atoms with van der Waals surface area (Å²) < 4.78 is 0. The molecule has 152 valence electrons. The van der Waals surface area contributed by atoms with Crippen LogP contribution in [0.1, 0.15) is 54.5 Å². The van der Waals surface area contributed by atoms with E-state index in [0.29, 0.717) is 39.2 Å². The molecule has 2 aromatic carbocycles. The van der Waals surface area contributed by atoms with Gasteiger partial charge >= 0.3 is 5.69 Å². The third-order valence-electron chi connectivity index (χ3n) is 5.29. The fourth-order valence-corrected chi connectivity index (χ4v) is 4.23. The summed E-state index contributed by atoms with van der Waals surface area (Å²) in [6, 6.07) is 15.7. The minimum atomic E-state index is -0.492. The number of H-pyrrole nitrogens is 2. The van der Waals surface area contributed by atoms with E-state index >= 15 is 0 Å². The van der Waals surface area contributed by atoms with E-state index in [4.69, 9.17) is 23.2 Å². The van der Waals surface area contributed by atoms with Crippen molar-refractivity contribution in [2.24, 2.45) is 0 Å². The lowest BCUT2D eigenvalue weighted by Gasteiger charge is -2.16. The molecule has 1 heterocycles. The molecule has 0 aliphatic rings. The van der Waals surface area contributed by atoms with Gasteiger partial charge < -0.3 is 4.98 Å². The number of halogens is 2. The van der Waals surface area contributed by atoms with Crippen LogP contribution in [0.3, 0.4) is 0 Å². The molecule has 0 aliphatic heterocycles. The van der Waals surface area contributed by atoms with Gasteiger partial charge in [-0.05, 0) is 54.9 Å². The molecule has 0 spiro atoms. The highest BCUT2D eigenvalue weighted by Crippen LogP contribution is 2.28. The molecule has 3 aromatic rings. The first kappa shape index (κ1) is 21.4. The minimum absolute atomic E-state index is 0.274. The van der Waals surface area contributed by atoms with E-state index in [1.54, 1.807) is 18.2 Å². The van der Waals surface area contributed by atoms with Crippen molar-refractivity contribution >= 4 is 23.2 Å². The summed E-state index contributed by atoms with van der Waals surface area (Å²) in [6.07, 6.45) is 3.76. The number of aromatic amines is 2. The van der Waals surface area contributed by atoms with E-state index in [1.165, 1.54) is 5.56 Å². The van der Waals surface area contributed by atoms with Crippen molar-refractivity contribution < 1.29 is 0 Å². The number of benzene rings is 2. The van der Waals surface area contributed by atoms with Gasteiger partial charge in [0.2, 0.25) is 0 Å². The summed E-state index contributed by atoms with van der Waals surface area (Å²) in [7, 11) is 0. The Kier molecular flexibility index (Phi) is 7.34. The highest BCUT2D eigenvalue weighted by molar-refractivity contribution is 6.36. The molecule has 0 saturated carbocycles. The van der Waals surface area contributed by atoms with Gasteiger partial charge in [-0.1, -0.05) is 66.5 Å². The molecule has 0 amide bonds. The van der Waals surface area contributed by atoms with Gasteiger partial charge in [0.05, 0.1) is 0 Å². The Morgan fingerprint density at radius 2 is 1.59 bits per heavy atom. The molecule has 0 radical (unpaired) electrons. The standard InChI is InChI=1S/C23H24Cl2N2O2/c1-2-15(16-8-4-3-5-9-16)10-6-13-21-18(22(28)27-23(29)26-21)14-17-19(24)11-7-12-20(17)25/h3-5,7-9,11-12,15H,2,6,10,13-14H2,1H3,(H2,26,27,28,29)/t15-/m1/s1. The Labute approximate surface area is 179 Å². The second kappa shape index (κ2) is 9.95. The maximum atomic E-state index is 12.5. The van der Waals surface area contributed by atoms with Crippen LogP contribution in [-0.4, -0.2) is 9.97 Å². The lowest BCUT2D eigenvalue weighted by molar-refractivity contribution is 0.570. The Hall–Kier alpha value is -2.30. The lowest BCUT2D eigenvalue weighted by atomic mass is 9.90. The van der Waals surface area contributed by atoms with Crippen LogP contribution in [0, 0.1) is 0 Å². The van der Waals surface area contributed by atoms with Crippen LogP contribution in [0.4, 0.5) is 0 Å². The van der Waals surface area contributed by atoms with Gasteiger partial charge in [-0.3, -0.25) is 9.78 Å². The average Bonchev–Trinajstić information content (AvgIpc) is 2.70. The first-order chi connectivity index (χ1) is 14.0. The van der Waals surface area contributed by atoms with E-state index in [2.05, 4.69) is 41.2 Å². The maximum absolute atomic E-state index is 12.5. The first-order valence-corrected chi connectivity index (χ1v) is 10.6. The highest BCUT2D eigenvalue weighted by atomic mass is 35.5. The van der Waals surface area contributed by atoms with Crippen LogP contribution < -0.4 is 11.2 Å². The molecule has 0 saturated heterocycles. The summed E-state index contributed by atoms with van der Waals surface area (Å²) in [5, 5.41) is 1.01. The third kappa shape index (κ3) is 5.40. The van der Waals surface area contributed by atoms with Gasteiger partial charge in [0.25, 0.3) is 5.56 Å². The summed E-state index contributed by atoms with van der Waals surface area (Å²) in [5.41, 5.74) is 2.27. The van der Waals surface area contributed by atoms with Gasteiger partial charge in [0.15, 0.2) is 0 Å². The molecule has 0 unspecified atom stereocenters. The van der Waals surface area contributed by atoms with Crippen molar-refractivity contribution in [1.82, 2.24) is 9.97 Å². The van der Waals surface area contributed by atoms with Gasteiger partial charge in [-0.25, -0.2) is 4.79 Å². The molecular formula is C23H24Cl2N2O2. The predicted octanol–water partition coefficient (Wildman–Crippen LogP) is 5.48. The summed E-state index contributed by atoms with van der Waals surface area (Å²) in [4.78, 5) is 29.5. The summed E-state index contributed by atoms with van der Waals surface area (Å²) in [6.45, 7) is 2.18. The van der Waals surface area contributed by atoms with E-state index in [1.807, 2.05) is 6.07 Å². The average molecular weight is 431 g/mol. The van der Waals surface area contributed by atoms with E-state index in [9.17, 15) is 9.59 Å². The minimum Gasteiger partial charge on any atom is -0.311 e. The van der Waals surface area contributed by atoms with Crippen molar-refractivity contribution in [2.75, 3.05) is 0 Å². The zero-order valence-corrected chi connectivity index (χ0v) is 17.8. The number of aromatic nitrogens is 2. The molecule has 4 nitrogen and oxygen atoms in total. The van der Waals surface area contributed by atoms with Gasteiger partial charge in [-0.2, -0.15) is 0 Å². The van der Waals surface area contributed by atoms with Crippen molar-refractivity contribution in [3.8, 4) is 0 Å². The quantitative estimate of drug-likeness (QED) is 0.496. The summed E-state index contributed by atoms with van der Waals surface area (Å²) in [5.74, 6) is 0.450. The SMILES string of the molecule is CC[C@H](CCCc1[nH]c(=O)[nH]c(=O)c1Cc1c(Cl)cccc1Cl)c1ccccc1. The van der Waals surface area contributed by atoms with Crippen molar-refractivity contribution in [1.29, 1.82) is 0 Å². The topological polar surface area (TPSA) is 65.7 Å². The van der Waals surface area contributed by atoms with E-state index in [0.717, 1.165) is 19.3 Å². The Bertz CT molecular complexity index is 1050. The smallest absolute Gasteiger partial charge is 0.311 e. The zero-order valence-electron chi connectivity index (χ0n) is 16.3. The molecule has 0 bridgehead atoms. The van der Waals surface area contributed by atoms with Crippen LogP contribution in [0.5, 0.6) is 0 Å². The fraction of sp³-hybridized carbons (Fsp3) is 0.304. The number of rotatable bonds is 8. The fourth-order valence-electron chi connectivity index (χ4n) is 3.69. The molecule has 0 fully saturated rings. The van der Waals surface area contributed by atoms with Crippen molar-refractivity contribution in [3.05, 3.63) is 102 Å². The molecular weight excluding hydrogens is 407 g/mol.